The van der Waals surface area contributed by atoms with Crippen LogP contribution in [0, 0.1) is 30.1 Å². The molecule has 3 aliphatic rings. The van der Waals surface area contributed by atoms with Crippen molar-refractivity contribution in [1.82, 2.24) is 0 Å². The second-order valence-corrected chi connectivity index (χ2v) is 7.83. The standard InChI is InChI=1S/C22H27FO4/c1-3-12-26-19-11-9-17-14(2)13-20(25)27-22(17)21(19)18(24)10-6-15-4-7-16(23)8-5-15/h1,6,10,13,15-17,19,21-22H,4-5,7-9,11-12H2,2H3. The molecule has 4 unspecified atom stereocenters. The van der Waals surface area contributed by atoms with Crippen molar-refractivity contribution in [3.05, 3.63) is 23.8 Å². The molecule has 1 aliphatic heterocycles. The summed E-state index contributed by atoms with van der Waals surface area (Å²) in [6.07, 6.45) is 12.8. The molecule has 4 nitrogen and oxygen atoms in total. The van der Waals surface area contributed by atoms with Crippen LogP contribution in [-0.2, 0) is 19.1 Å². The number of fused-ring (bicyclic) bond motifs is 1. The Bertz CT molecular complexity index is 666. The van der Waals surface area contributed by atoms with Crippen molar-refractivity contribution >= 4 is 11.8 Å². The lowest BCUT2D eigenvalue weighted by Gasteiger charge is -2.43. The molecule has 3 rings (SSSR count). The number of hydrogen-bond donors (Lipinski definition) is 0. The predicted octanol–water partition coefficient (Wildman–Crippen LogP) is 3.56. The molecule has 0 N–H and O–H groups in total. The van der Waals surface area contributed by atoms with Crippen molar-refractivity contribution < 1.29 is 23.5 Å². The zero-order valence-corrected chi connectivity index (χ0v) is 15.7. The van der Waals surface area contributed by atoms with Gasteiger partial charge in [-0.05, 0) is 57.4 Å². The lowest BCUT2D eigenvalue weighted by molar-refractivity contribution is -0.163. The van der Waals surface area contributed by atoms with Crippen LogP contribution in [0.2, 0.25) is 0 Å². The van der Waals surface area contributed by atoms with E-state index in [2.05, 4.69) is 5.92 Å². The van der Waals surface area contributed by atoms with Crippen molar-refractivity contribution in [1.29, 1.82) is 0 Å². The highest BCUT2D eigenvalue weighted by Gasteiger charge is 2.47. The Morgan fingerprint density at radius 3 is 2.78 bits per heavy atom. The van der Waals surface area contributed by atoms with Crippen LogP contribution in [0.3, 0.4) is 0 Å². The Kier molecular flexibility index (Phi) is 6.49. The molecule has 0 aromatic heterocycles. The van der Waals surface area contributed by atoms with Crippen LogP contribution in [0.1, 0.15) is 45.4 Å². The summed E-state index contributed by atoms with van der Waals surface area (Å²) in [4.78, 5) is 25.0. The first-order valence-electron chi connectivity index (χ1n) is 9.79. The van der Waals surface area contributed by atoms with E-state index in [-0.39, 0.29) is 30.3 Å². The van der Waals surface area contributed by atoms with Gasteiger partial charge in [0, 0.05) is 12.0 Å². The number of allylic oxidation sites excluding steroid dienone is 2. The number of rotatable bonds is 5. The molecule has 0 aromatic rings. The molecule has 4 atom stereocenters. The molecular weight excluding hydrogens is 347 g/mol. The lowest BCUT2D eigenvalue weighted by Crippen LogP contribution is -2.50. The van der Waals surface area contributed by atoms with E-state index in [9.17, 15) is 14.0 Å². The minimum atomic E-state index is -0.720. The van der Waals surface area contributed by atoms with Crippen LogP contribution in [0.5, 0.6) is 0 Å². The summed E-state index contributed by atoms with van der Waals surface area (Å²) in [7, 11) is 0. The second-order valence-electron chi connectivity index (χ2n) is 7.83. The van der Waals surface area contributed by atoms with Gasteiger partial charge < -0.3 is 9.47 Å². The summed E-state index contributed by atoms with van der Waals surface area (Å²) in [6.45, 7) is 2.03. The van der Waals surface area contributed by atoms with Crippen LogP contribution < -0.4 is 0 Å². The van der Waals surface area contributed by atoms with Gasteiger partial charge in [-0.3, -0.25) is 4.79 Å². The normalized spacial score (nSPS) is 36.5. The predicted molar refractivity (Wildman–Crippen MR) is 99.4 cm³/mol. The number of terminal acetylenes is 1. The Morgan fingerprint density at radius 2 is 2.07 bits per heavy atom. The monoisotopic (exact) mass is 374 g/mol. The van der Waals surface area contributed by atoms with Gasteiger partial charge in [-0.2, -0.15) is 0 Å². The highest BCUT2D eigenvalue weighted by Crippen LogP contribution is 2.40. The number of alkyl halides is 1. The van der Waals surface area contributed by atoms with Crippen LogP contribution in [0.25, 0.3) is 0 Å². The van der Waals surface area contributed by atoms with Gasteiger partial charge >= 0.3 is 5.97 Å². The molecule has 2 fully saturated rings. The van der Waals surface area contributed by atoms with Gasteiger partial charge in [-0.1, -0.05) is 17.6 Å². The third-order valence-electron chi connectivity index (χ3n) is 6.04. The van der Waals surface area contributed by atoms with Gasteiger partial charge in [0.2, 0.25) is 0 Å². The van der Waals surface area contributed by atoms with E-state index in [0.29, 0.717) is 19.3 Å². The summed E-state index contributed by atoms with van der Waals surface area (Å²) in [6, 6.07) is 0. The Labute approximate surface area is 160 Å². The quantitative estimate of drug-likeness (QED) is 0.419. The molecule has 0 radical (unpaired) electrons. The summed E-state index contributed by atoms with van der Waals surface area (Å²) in [5, 5.41) is 0. The van der Waals surface area contributed by atoms with Gasteiger partial charge in [0.05, 0.1) is 12.0 Å². The van der Waals surface area contributed by atoms with Crippen molar-refractivity contribution in [3.8, 4) is 12.3 Å². The summed E-state index contributed by atoms with van der Waals surface area (Å²) >= 11 is 0. The number of ketones is 1. The molecular formula is C22H27FO4. The maximum atomic E-state index is 13.3. The SMILES string of the molecule is C#CCOC1CCC2C(C)=CC(=O)OC2C1C(=O)C=CC1CCC(F)CC1. The number of hydrogen-bond acceptors (Lipinski definition) is 4. The zero-order valence-electron chi connectivity index (χ0n) is 15.7. The molecule has 0 amide bonds. The van der Waals surface area contributed by atoms with Crippen LogP contribution in [0.4, 0.5) is 4.39 Å². The smallest absolute Gasteiger partial charge is 0.331 e. The van der Waals surface area contributed by atoms with Gasteiger partial charge in [-0.25, -0.2) is 9.18 Å². The van der Waals surface area contributed by atoms with Crippen molar-refractivity contribution in [2.24, 2.45) is 17.8 Å². The zero-order chi connectivity index (χ0) is 19.4. The minimum absolute atomic E-state index is 0.0395. The molecule has 0 spiro atoms. The molecule has 27 heavy (non-hydrogen) atoms. The Balaban J connectivity index is 1.76. The maximum absolute atomic E-state index is 13.3. The average molecular weight is 374 g/mol. The van der Waals surface area contributed by atoms with Gasteiger partial charge in [0.25, 0.3) is 0 Å². The number of halogens is 1. The van der Waals surface area contributed by atoms with E-state index in [1.807, 2.05) is 13.0 Å². The Hall–Kier alpha value is -1.93. The molecule has 2 saturated carbocycles. The molecule has 146 valence electrons. The van der Waals surface area contributed by atoms with Crippen LogP contribution in [-0.4, -0.2) is 36.7 Å². The fourth-order valence-corrected chi connectivity index (χ4v) is 4.55. The second kappa shape index (κ2) is 8.84. The fraction of sp³-hybridized carbons (Fsp3) is 0.636. The first kappa shape index (κ1) is 19.8. The molecule has 1 heterocycles. The van der Waals surface area contributed by atoms with Gasteiger partial charge in [0.1, 0.15) is 18.9 Å². The first-order chi connectivity index (χ1) is 13.0. The minimum Gasteiger partial charge on any atom is -0.458 e. The Morgan fingerprint density at radius 1 is 1.33 bits per heavy atom. The summed E-state index contributed by atoms with van der Waals surface area (Å²) in [5.74, 6) is 1.64. The van der Waals surface area contributed by atoms with Crippen molar-refractivity contribution in [2.45, 2.75) is 63.8 Å². The lowest BCUT2D eigenvalue weighted by atomic mass is 9.71. The van der Waals surface area contributed by atoms with E-state index in [1.54, 1.807) is 6.08 Å². The van der Waals surface area contributed by atoms with E-state index in [0.717, 1.165) is 24.8 Å². The maximum Gasteiger partial charge on any atom is 0.331 e. The molecule has 0 saturated heterocycles. The molecule has 0 aromatic carbocycles. The van der Waals surface area contributed by atoms with Crippen molar-refractivity contribution in [3.63, 3.8) is 0 Å². The van der Waals surface area contributed by atoms with Crippen molar-refractivity contribution in [2.75, 3.05) is 6.61 Å². The number of ether oxygens (including phenoxy) is 2. The van der Waals surface area contributed by atoms with E-state index < -0.39 is 24.2 Å². The highest BCUT2D eigenvalue weighted by molar-refractivity contribution is 5.93. The third kappa shape index (κ3) is 4.68. The van der Waals surface area contributed by atoms with Crippen LogP contribution >= 0.6 is 0 Å². The molecule has 2 aliphatic carbocycles. The van der Waals surface area contributed by atoms with Crippen LogP contribution in [0.15, 0.2) is 23.8 Å². The largest absolute Gasteiger partial charge is 0.458 e. The average Bonchev–Trinajstić information content (AvgIpc) is 2.65. The highest BCUT2D eigenvalue weighted by atomic mass is 19.1. The fourth-order valence-electron chi connectivity index (χ4n) is 4.55. The topological polar surface area (TPSA) is 52.6 Å². The summed E-state index contributed by atoms with van der Waals surface area (Å²) in [5.41, 5.74) is 0.953. The van der Waals surface area contributed by atoms with E-state index >= 15 is 0 Å². The number of carbonyl (C=O) groups is 2. The van der Waals surface area contributed by atoms with E-state index in [4.69, 9.17) is 15.9 Å². The molecule has 5 heteroatoms. The molecule has 0 bridgehead atoms. The first-order valence-corrected chi connectivity index (χ1v) is 9.79. The third-order valence-corrected chi connectivity index (χ3v) is 6.04. The van der Waals surface area contributed by atoms with Gasteiger partial charge in [-0.15, -0.1) is 6.42 Å². The summed E-state index contributed by atoms with van der Waals surface area (Å²) < 4.78 is 24.6. The number of carbonyl (C=O) groups excluding carboxylic acids is 2. The number of esters is 1. The van der Waals surface area contributed by atoms with E-state index in [1.165, 1.54) is 6.08 Å². The van der Waals surface area contributed by atoms with Gasteiger partial charge in [0.15, 0.2) is 5.78 Å².